The van der Waals surface area contributed by atoms with Crippen molar-refractivity contribution in [3.05, 3.63) is 59.7 Å². The summed E-state index contributed by atoms with van der Waals surface area (Å²) < 4.78 is 10.6. The van der Waals surface area contributed by atoms with Gasteiger partial charge in [-0.05, 0) is 67.2 Å². The first-order valence-electron chi connectivity index (χ1n) is 10.3. The van der Waals surface area contributed by atoms with Gasteiger partial charge < -0.3 is 20.1 Å². The van der Waals surface area contributed by atoms with E-state index >= 15 is 0 Å². The molecule has 0 fully saturated rings. The van der Waals surface area contributed by atoms with Gasteiger partial charge in [-0.1, -0.05) is 19.8 Å². The van der Waals surface area contributed by atoms with Crippen LogP contribution < -0.4 is 20.7 Å². The summed E-state index contributed by atoms with van der Waals surface area (Å²) in [5.74, 6) is 0.237. The van der Waals surface area contributed by atoms with Crippen LogP contribution in [0.1, 0.15) is 46.9 Å². The fourth-order valence-electron chi connectivity index (χ4n) is 2.66. The van der Waals surface area contributed by atoms with Gasteiger partial charge in [0.15, 0.2) is 5.11 Å². The molecule has 0 saturated carbocycles. The molecule has 0 heterocycles. The molecule has 31 heavy (non-hydrogen) atoms. The first-order valence-corrected chi connectivity index (χ1v) is 10.7. The smallest absolute Gasteiger partial charge is 0.257 e. The van der Waals surface area contributed by atoms with Gasteiger partial charge >= 0.3 is 0 Å². The van der Waals surface area contributed by atoms with E-state index in [0.717, 1.165) is 25.0 Å². The molecule has 2 aromatic carbocycles. The number of ether oxygens (including phenoxy) is 2. The lowest BCUT2D eigenvalue weighted by atomic mass is 10.2. The van der Waals surface area contributed by atoms with Crippen LogP contribution >= 0.6 is 12.2 Å². The number of hydrogen-bond acceptors (Lipinski definition) is 5. The summed E-state index contributed by atoms with van der Waals surface area (Å²) in [6, 6.07) is 13.7. The van der Waals surface area contributed by atoms with Crippen molar-refractivity contribution in [2.75, 3.05) is 32.2 Å². The lowest BCUT2D eigenvalue weighted by Crippen LogP contribution is -2.34. The molecule has 7 nitrogen and oxygen atoms in total. The molecule has 8 heteroatoms. The molecule has 0 aliphatic rings. The molecule has 0 radical (unpaired) electrons. The zero-order valence-electron chi connectivity index (χ0n) is 17.9. The van der Waals surface area contributed by atoms with Crippen molar-refractivity contribution in [3.8, 4) is 5.75 Å². The predicted molar refractivity (Wildman–Crippen MR) is 126 cm³/mol. The summed E-state index contributed by atoms with van der Waals surface area (Å²) in [4.78, 5) is 24.4. The highest BCUT2D eigenvalue weighted by atomic mass is 32.1. The molecule has 0 aliphatic carbocycles. The van der Waals surface area contributed by atoms with Crippen LogP contribution in [0.25, 0.3) is 0 Å². The number of carbonyl (C=O) groups is 2. The van der Waals surface area contributed by atoms with Crippen molar-refractivity contribution in [2.45, 2.75) is 26.2 Å². The van der Waals surface area contributed by atoms with Crippen LogP contribution in [0.4, 0.5) is 5.69 Å². The van der Waals surface area contributed by atoms with Gasteiger partial charge in [-0.3, -0.25) is 14.9 Å². The maximum atomic E-state index is 12.4. The molecular formula is C23H29N3O4S. The maximum absolute atomic E-state index is 12.4. The molecule has 0 unspecified atom stereocenters. The quantitative estimate of drug-likeness (QED) is 0.362. The van der Waals surface area contributed by atoms with Crippen molar-refractivity contribution in [3.63, 3.8) is 0 Å². The highest BCUT2D eigenvalue weighted by Gasteiger charge is 2.09. The number of nitrogens with one attached hydrogen (secondary N) is 3. The first kappa shape index (κ1) is 24.3. The Hall–Kier alpha value is -2.97. The second-order valence-electron chi connectivity index (χ2n) is 6.81. The van der Waals surface area contributed by atoms with Gasteiger partial charge in [-0.15, -0.1) is 0 Å². The van der Waals surface area contributed by atoms with Gasteiger partial charge in [-0.2, -0.15) is 0 Å². The molecule has 0 atom stereocenters. The Bertz CT molecular complexity index is 854. The average molecular weight is 444 g/mol. The Labute approximate surface area is 188 Å². The molecule has 0 aromatic heterocycles. The van der Waals surface area contributed by atoms with Crippen LogP contribution in [-0.2, 0) is 4.74 Å². The normalized spacial score (nSPS) is 10.3. The highest BCUT2D eigenvalue weighted by Crippen LogP contribution is 2.13. The van der Waals surface area contributed by atoms with Gasteiger partial charge in [-0.25, -0.2) is 0 Å². The second-order valence-corrected chi connectivity index (χ2v) is 7.22. The average Bonchev–Trinajstić information content (AvgIpc) is 2.77. The van der Waals surface area contributed by atoms with Gasteiger partial charge in [0.2, 0.25) is 0 Å². The largest absolute Gasteiger partial charge is 0.494 e. The van der Waals surface area contributed by atoms with Crippen LogP contribution in [0.3, 0.4) is 0 Å². The van der Waals surface area contributed by atoms with E-state index in [0.29, 0.717) is 36.6 Å². The molecule has 2 amide bonds. The zero-order valence-corrected chi connectivity index (χ0v) is 18.7. The van der Waals surface area contributed by atoms with Crippen LogP contribution in [0.5, 0.6) is 5.75 Å². The summed E-state index contributed by atoms with van der Waals surface area (Å²) in [7, 11) is 1.58. The van der Waals surface area contributed by atoms with E-state index in [-0.39, 0.29) is 16.9 Å². The summed E-state index contributed by atoms with van der Waals surface area (Å²) in [6.07, 6.45) is 3.29. The Morgan fingerprint density at radius 3 is 2.19 bits per heavy atom. The van der Waals surface area contributed by atoms with E-state index in [9.17, 15) is 9.59 Å². The third-order valence-electron chi connectivity index (χ3n) is 4.36. The molecule has 3 N–H and O–H groups in total. The number of hydrogen-bond donors (Lipinski definition) is 3. The van der Waals surface area contributed by atoms with Crippen molar-refractivity contribution in [1.82, 2.24) is 10.6 Å². The second kappa shape index (κ2) is 13.4. The Balaban J connectivity index is 1.81. The molecule has 166 valence electrons. The van der Waals surface area contributed by atoms with E-state index in [2.05, 4.69) is 22.9 Å². The lowest BCUT2D eigenvalue weighted by Gasteiger charge is -2.11. The van der Waals surface area contributed by atoms with E-state index in [1.165, 1.54) is 0 Å². The van der Waals surface area contributed by atoms with E-state index in [4.69, 9.17) is 21.7 Å². The molecular weight excluding hydrogens is 414 g/mol. The monoisotopic (exact) mass is 443 g/mol. The van der Waals surface area contributed by atoms with Crippen molar-refractivity contribution >= 4 is 34.8 Å². The Morgan fingerprint density at radius 2 is 1.55 bits per heavy atom. The molecule has 0 spiro atoms. The Morgan fingerprint density at radius 1 is 0.903 bits per heavy atom. The van der Waals surface area contributed by atoms with Crippen LogP contribution in [-0.4, -0.2) is 43.8 Å². The number of methoxy groups -OCH3 is 1. The van der Waals surface area contributed by atoms with Crippen LogP contribution in [0.2, 0.25) is 0 Å². The zero-order chi connectivity index (χ0) is 22.5. The van der Waals surface area contributed by atoms with Gasteiger partial charge in [0.25, 0.3) is 11.8 Å². The van der Waals surface area contributed by atoms with Crippen LogP contribution in [0, 0.1) is 0 Å². The third-order valence-corrected chi connectivity index (χ3v) is 4.56. The van der Waals surface area contributed by atoms with Crippen molar-refractivity contribution in [1.29, 1.82) is 0 Å². The number of thiocarbonyl (C=S) groups is 1. The SMILES string of the molecule is CCCCCOc1ccc(C(=O)NC(=S)Nc2ccc(C(=O)NCCOC)cc2)cc1. The summed E-state index contributed by atoms with van der Waals surface area (Å²) in [5, 5.41) is 8.50. The number of carbonyl (C=O) groups excluding carboxylic acids is 2. The fraction of sp³-hybridized carbons (Fsp3) is 0.348. The molecule has 0 bridgehead atoms. The molecule has 2 rings (SSSR count). The van der Waals surface area contributed by atoms with Crippen molar-refractivity contribution in [2.24, 2.45) is 0 Å². The predicted octanol–water partition coefficient (Wildman–Crippen LogP) is 3.76. The van der Waals surface area contributed by atoms with E-state index < -0.39 is 0 Å². The summed E-state index contributed by atoms with van der Waals surface area (Å²) in [5.41, 5.74) is 1.66. The maximum Gasteiger partial charge on any atom is 0.257 e. The minimum Gasteiger partial charge on any atom is -0.494 e. The number of anilines is 1. The first-order chi connectivity index (χ1) is 15.0. The fourth-order valence-corrected chi connectivity index (χ4v) is 2.87. The topological polar surface area (TPSA) is 88.7 Å². The van der Waals surface area contributed by atoms with E-state index in [1.54, 1.807) is 55.6 Å². The lowest BCUT2D eigenvalue weighted by molar-refractivity contribution is 0.0935. The minimum atomic E-state index is -0.316. The van der Waals surface area contributed by atoms with Gasteiger partial charge in [0.05, 0.1) is 13.2 Å². The minimum absolute atomic E-state index is 0.169. The third kappa shape index (κ3) is 8.74. The van der Waals surface area contributed by atoms with Crippen LogP contribution in [0.15, 0.2) is 48.5 Å². The number of amides is 2. The summed E-state index contributed by atoms with van der Waals surface area (Å²) >= 11 is 5.21. The van der Waals surface area contributed by atoms with Gasteiger partial charge in [0.1, 0.15) is 5.75 Å². The summed E-state index contributed by atoms with van der Waals surface area (Å²) in [6.45, 7) is 3.71. The number of unbranched alkanes of at least 4 members (excludes halogenated alkanes) is 2. The number of rotatable bonds is 11. The Kier molecular flexibility index (Phi) is 10.5. The standard InChI is InChI=1S/C23H29N3O4S/c1-3-4-5-15-30-20-12-8-18(9-13-20)22(28)26-23(31)25-19-10-6-17(7-11-19)21(27)24-14-16-29-2/h6-13H,3-5,14-16H2,1-2H3,(H,24,27)(H2,25,26,28,31). The number of benzene rings is 2. The van der Waals surface area contributed by atoms with Crippen molar-refractivity contribution < 1.29 is 19.1 Å². The molecule has 0 aliphatic heterocycles. The molecule has 0 saturated heterocycles. The molecule has 2 aromatic rings. The van der Waals surface area contributed by atoms with E-state index in [1.807, 2.05) is 0 Å². The van der Waals surface area contributed by atoms with Gasteiger partial charge in [0, 0.05) is 30.5 Å². The highest BCUT2D eigenvalue weighted by molar-refractivity contribution is 7.80.